The molecule has 7 nitrogen and oxygen atoms in total. The van der Waals surface area contributed by atoms with E-state index < -0.39 is 0 Å². The number of benzene rings is 3. The Morgan fingerprint density at radius 1 is 1.03 bits per heavy atom. The first-order valence-electron chi connectivity index (χ1n) is 10.4. The fourth-order valence-electron chi connectivity index (χ4n) is 3.16. The van der Waals surface area contributed by atoms with Gasteiger partial charge in [0.1, 0.15) is 12.4 Å². The minimum atomic E-state index is -0.345. The van der Waals surface area contributed by atoms with Gasteiger partial charge >= 0.3 is 6.01 Å². The van der Waals surface area contributed by atoms with Crippen LogP contribution in [0.1, 0.15) is 15.9 Å². The molecule has 4 rings (SSSR count). The van der Waals surface area contributed by atoms with E-state index in [1.54, 1.807) is 48.2 Å². The van der Waals surface area contributed by atoms with Gasteiger partial charge in [-0.25, -0.2) is 9.07 Å². The number of ether oxygens (including phenoxy) is 2. The van der Waals surface area contributed by atoms with E-state index in [0.29, 0.717) is 34.9 Å². The number of amides is 1. The lowest BCUT2D eigenvalue weighted by Gasteiger charge is -2.09. The zero-order valence-corrected chi connectivity index (χ0v) is 18.3. The number of nitrogens with zero attached hydrogens (tertiary/aromatic N) is 3. The summed E-state index contributed by atoms with van der Waals surface area (Å²) in [6, 6.07) is 20.7. The maximum absolute atomic E-state index is 13.5. The lowest BCUT2D eigenvalue weighted by Crippen LogP contribution is -2.12. The van der Waals surface area contributed by atoms with Crippen LogP contribution in [0, 0.1) is 12.7 Å². The number of methoxy groups -OCH3 is 1. The molecule has 0 saturated carbocycles. The van der Waals surface area contributed by atoms with Gasteiger partial charge in [-0.05, 0) is 61.5 Å². The van der Waals surface area contributed by atoms with Gasteiger partial charge in [-0.3, -0.25) is 4.79 Å². The second kappa shape index (κ2) is 10.1. The van der Waals surface area contributed by atoms with Crippen molar-refractivity contribution in [2.24, 2.45) is 0 Å². The lowest BCUT2D eigenvalue weighted by molar-refractivity contribution is 0.102. The Morgan fingerprint density at radius 2 is 1.79 bits per heavy atom. The van der Waals surface area contributed by atoms with Gasteiger partial charge in [0.05, 0.1) is 12.3 Å². The van der Waals surface area contributed by atoms with Crippen LogP contribution in [0.3, 0.4) is 0 Å². The van der Waals surface area contributed by atoms with Crippen molar-refractivity contribution in [2.45, 2.75) is 6.92 Å². The molecule has 0 saturated heterocycles. The van der Waals surface area contributed by atoms with Crippen LogP contribution in [-0.4, -0.2) is 41.0 Å². The Balaban J connectivity index is 1.65. The maximum atomic E-state index is 13.5. The van der Waals surface area contributed by atoms with E-state index in [2.05, 4.69) is 15.4 Å². The summed E-state index contributed by atoms with van der Waals surface area (Å²) in [6.45, 7) is 2.65. The number of hydrogen-bond acceptors (Lipinski definition) is 5. The molecule has 0 atom stereocenters. The van der Waals surface area contributed by atoms with Gasteiger partial charge in [0.25, 0.3) is 5.91 Å². The summed E-state index contributed by atoms with van der Waals surface area (Å²) < 4.78 is 25.6. The minimum absolute atomic E-state index is 0.167. The summed E-state index contributed by atoms with van der Waals surface area (Å²) in [7, 11) is 1.58. The van der Waals surface area contributed by atoms with Crippen molar-refractivity contribution in [3.8, 4) is 23.1 Å². The highest BCUT2D eigenvalue weighted by molar-refractivity contribution is 6.04. The molecule has 0 aliphatic heterocycles. The van der Waals surface area contributed by atoms with Crippen LogP contribution in [0.2, 0.25) is 0 Å². The predicted octanol–water partition coefficient (Wildman–Crippen LogP) is 4.66. The molecule has 8 heteroatoms. The number of anilines is 1. The highest BCUT2D eigenvalue weighted by Crippen LogP contribution is 2.25. The number of carbonyl (C=O) groups excluding carboxylic acids is 1. The fourth-order valence-corrected chi connectivity index (χ4v) is 3.16. The number of hydrogen-bond donors (Lipinski definition) is 1. The van der Waals surface area contributed by atoms with Crippen molar-refractivity contribution in [3.63, 3.8) is 0 Å². The number of aromatic nitrogens is 3. The summed E-state index contributed by atoms with van der Waals surface area (Å²) in [5, 5.41) is 7.37. The summed E-state index contributed by atoms with van der Waals surface area (Å²) in [4.78, 5) is 17.1. The summed E-state index contributed by atoms with van der Waals surface area (Å²) >= 11 is 0. The molecule has 0 bridgehead atoms. The molecule has 3 aromatic carbocycles. The topological polar surface area (TPSA) is 78.3 Å². The van der Waals surface area contributed by atoms with Gasteiger partial charge in [-0.1, -0.05) is 23.8 Å². The van der Waals surface area contributed by atoms with Crippen LogP contribution >= 0.6 is 0 Å². The van der Waals surface area contributed by atoms with Gasteiger partial charge in [-0.15, -0.1) is 5.10 Å². The third kappa shape index (κ3) is 5.42. The summed E-state index contributed by atoms with van der Waals surface area (Å²) in [6.07, 6.45) is 0. The molecule has 4 aromatic rings. The molecular weight excluding hydrogens is 423 g/mol. The molecule has 1 heterocycles. The van der Waals surface area contributed by atoms with Crippen molar-refractivity contribution >= 4 is 11.6 Å². The molecular formula is C25H23FN4O3. The molecule has 0 radical (unpaired) electrons. The Kier molecular flexibility index (Phi) is 6.75. The molecule has 0 fully saturated rings. The van der Waals surface area contributed by atoms with Crippen molar-refractivity contribution in [2.75, 3.05) is 25.6 Å². The predicted molar refractivity (Wildman–Crippen MR) is 123 cm³/mol. The number of rotatable bonds is 8. The van der Waals surface area contributed by atoms with Crippen molar-refractivity contribution < 1.29 is 18.7 Å². The number of halogens is 1. The van der Waals surface area contributed by atoms with Crippen molar-refractivity contribution in [1.29, 1.82) is 0 Å². The van der Waals surface area contributed by atoms with Gasteiger partial charge in [0.2, 0.25) is 0 Å². The minimum Gasteiger partial charge on any atom is -0.460 e. The van der Waals surface area contributed by atoms with E-state index in [0.717, 1.165) is 5.56 Å². The molecule has 0 aliphatic rings. The molecule has 1 aromatic heterocycles. The average molecular weight is 446 g/mol. The van der Waals surface area contributed by atoms with Crippen LogP contribution in [0.15, 0.2) is 72.8 Å². The quantitative estimate of drug-likeness (QED) is 0.398. The highest BCUT2D eigenvalue weighted by atomic mass is 19.1. The first kappa shape index (κ1) is 22.2. The first-order chi connectivity index (χ1) is 16.0. The number of carbonyl (C=O) groups is 1. The Bertz CT molecular complexity index is 1240. The van der Waals surface area contributed by atoms with Gasteiger partial charge < -0.3 is 14.8 Å². The van der Waals surface area contributed by atoms with Crippen LogP contribution in [0.25, 0.3) is 17.1 Å². The first-order valence-corrected chi connectivity index (χ1v) is 10.4. The zero-order valence-electron chi connectivity index (χ0n) is 18.3. The van der Waals surface area contributed by atoms with Crippen molar-refractivity contribution in [1.82, 2.24) is 14.8 Å². The molecule has 1 amide bonds. The molecule has 33 heavy (non-hydrogen) atoms. The second-order valence-corrected chi connectivity index (χ2v) is 7.35. The normalized spacial score (nSPS) is 10.8. The van der Waals surface area contributed by atoms with E-state index in [-0.39, 0.29) is 24.3 Å². The van der Waals surface area contributed by atoms with Crippen LogP contribution in [0.5, 0.6) is 6.01 Å². The van der Waals surface area contributed by atoms with Gasteiger partial charge in [-0.2, -0.15) is 4.98 Å². The molecule has 0 aliphatic carbocycles. The zero-order chi connectivity index (χ0) is 23.2. The molecule has 0 unspecified atom stereocenters. The van der Waals surface area contributed by atoms with Gasteiger partial charge in [0.15, 0.2) is 5.82 Å². The Labute approximate surface area is 190 Å². The summed E-state index contributed by atoms with van der Waals surface area (Å²) in [5.74, 6) is -0.0836. The third-order valence-electron chi connectivity index (χ3n) is 4.87. The average Bonchev–Trinajstić information content (AvgIpc) is 3.24. The molecule has 0 spiro atoms. The third-order valence-corrected chi connectivity index (χ3v) is 4.87. The molecule has 1 N–H and O–H groups in total. The van der Waals surface area contributed by atoms with E-state index in [1.807, 2.05) is 31.2 Å². The molecule has 168 valence electrons. The van der Waals surface area contributed by atoms with E-state index in [4.69, 9.17) is 9.47 Å². The van der Waals surface area contributed by atoms with E-state index in [1.165, 1.54) is 12.1 Å². The SMILES string of the molecule is COCCOc1nc(-c2ccc(F)cc2)n(-c2cccc(NC(=O)c3ccc(C)cc3)c2)n1. The van der Waals surface area contributed by atoms with E-state index in [9.17, 15) is 9.18 Å². The van der Waals surface area contributed by atoms with Crippen LogP contribution in [-0.2, 0) is 4.74 Å². The van der Waals surface area contributed by atoms with E-state index >= 15 is 0 Å². The van der Waals surface area contributed by atoms with Crippen LogP contribution in [0.4, 0.5) is 10.1 Å². The Hall–Kier alpha value is -4.04. The largest absolute Gasteiger partial charge is 0.460 e. The fraction of sp³-hybridized carbons (Fsp3) is 0.160. The lowest BCUT2D eigenvalue weighted by atomic mass is 10.1. The Morgan fingerprint density at radius 3 is 2.52 bits per heavy atom. The van der Waals surface area contributed by atoms with Gasteiger partial charge in [0, 0.05) is 23.9 Å². The second-order valence-electron chi connectivity index (χ2n) is 7.35. The van der Waals surface area contributed by atoms with Crippen molar-refractivity contribution in [3.05, 3.63) is 89.7 Å². The monoisotopic (exact) mass is 446 g/mol. The number of nitrogens with one attached hydrogen (secondary N) is 1. The highest BCUT2D eigenvalue weighted by Gasteiger charge is 2.16. The van der Waals surface area contributed by atoms with Crippen LogP contribution < -0.4 is 10.1 Å². The number of aryl methyl sites for hydroxylation is 1. The maximum Gasteiger partial charge on any atom is 0.336 e. The smallest absolute Gasteiger partial charge is 0.336 e. The standard InChI is InChI=1S/C25H23FN4O3/c1-17-6-8-19(9-7-17)24(31)27-21-4-3-5-22(16-21)30-23(18-10-12-20(26)13-11-18)28-25(29-30)33-15-14-32-2/h3-13,16H,14-15H2,1-2H3,(H,27,31). The summed E-state index contributed by atoms with van der Waals surface area (Å²) in [5.41, 5.74) is 3.56.